The topological polar surface area (TPSA) is 79.8 Å². The van der Waals surface area contributed by atoms with Crippen LogP contribution in [0.25, 0.3) is 0 Å². The summed E-state index contributed by atoms with van der Waals surface area (Å²) in [6.45, 7) is 7.12. The summed E-state index contributed by atoms with van der Waals surface area (Å²) >= 11 is 0. The van der Waals surface area contributed by atoms with E-state index in [4.69, 9.17) is 9.47 Å². The van der Waals surface area contributed by atoms with Crippen molar-refractivity contribution in [1.29, 1.82) is 0 Å². The number of nitrogens with zero attached hydrogens (tertiary/aromatic N) is 4. The molecule has 162 valence electrons. The number of amides is 1. The zero-order valence-corrected chi connectivity index (χ0v) is 17.8. The summed E-state index contributed by atoms with van der Waals surface area (Å²) < 4.78 is 10.8. The van der Waals surface area contributed by atoms with Crippen LogP contribution >= 0.6 is 0 Å². The summed E-state index contributed by atoms with van der Waals surface area (Å²) in [5.74, 6) is 0.482. The molecule has 8 heteroatoms. The molecular weight excluding hydrogens is 382 g/mol. The molecule has 0 bridgehead atoms. The van der Waals surface area contributed by atoms with Crippen molar-refractivity contribution >= 4 is 17.9 Å². The lowest BCUT2D eigenvalue weighted by Crippen LogP contribution is -2.23. The first kappa shape index (κ1) is 22.0. The average Bonchev–Trinajstić information content (AvgIpc) is 3.29. The zero-order valence-electron chi connectivity index (χ0n) is 17.8. The minimum absolute atomic E-state index is 0.219. The fraction of sp³-hybridized carbons (Fsp3) is 0.500. The molecule has 1 N–H and O–H groups in total. The van der Waals surface area contributed by atoms with Crippen LogP contribution in [0, 0.1) is 0 Å². The standard InChI is InChI=1S/C22H31N5O3/c1-3-29-12-13-30-22-24-14-20(23-2)21(25-22)27(17-28)16-19-8-6-18(7-9-19)15-26-10-4-5-11-26/h6-9,14,17,23H,3-5,10-13,15-16H2,1-2H3. The van der Waals surface area contributed by atoms with Gasteiger partial charge in [0.25, 0.3) is 0 Å². The van der Waals surface area contributed by atoms with Crippen molar-refractivity contribution in [2.75, 3.05) is 50.2 Å². The van der Waals surface area contributed by atoms with E-state index in [-0.39, 0.29) is 6.01 Å². The Hall–Kier alpha value is -2.71. The molecule has 1 amide bonds. The molecule has 0 spiro atoms. The minimum atomic E-state index is 0.219. The van der Waals surface area contributed by atoms with Crippen molar-refractivity contribution in [3.63, 3.8) is 0 Å². The van der Waals surface area contributed by atoms with Crippen LogP contribution < -0.4 is 15.0 Å². The van der Waals surface area contributed by atoms with Gasteiger partial charge in [-0.3, -0.25) is 14.6 Å². The second-order valence-electron chi connectivity index (χ2n) is 7.22. The number of nitrogens with one attached hydrogen (secondary N) is 1. The molecule has 2 aromatic rings. The molecule has 0 unspecified atom stereocenters. The van der Waals surface area contributed by atoms with Crippen molar-refractivity contribution in [3.05, 3.63) is 41.6 Å². The van der Waals surface area contributed by atoms with Gasteiger partial charge in [0.05, 0.1) is 25.0 Å². The highest BCUT2D eigenvalue weighted by atomic mass is 16.5. The van der Waals surface area contributed by atoms with Crippen LogP contribution in [-0.2, 0) is 22.6 Å². The summed E-state index contributed by atoms with van der Waals surface area (Å²) in [7, 11) is 1.77. The normalized spacial score (nSPS) is 13.9. The van der Waals surface area contributed by atoms with Crippen molar-refractivity contribution in [2.24, 2.45) is 0 Å². The number of anilines is 2. The maximum absolute atomic E-state index is 11.9. The smallest absolute Gasteiger partial charge is 0.318 e. The second-order valence-corrected chi connectivity index (χ2v) is 7.22. The second kappa shape index (κ2) is 11.5. The molecule has 0 atom stereocenters. The van der Waals surface area contributed by atoms with E-state index in [0.717, 1.165) is 18.5 Å². The molecule has 1 saturated heterocycles. The van der Waals surface area contributed by atoms with Crippen LogP contribution in [0.3, 0.4) is 0 Å². The van der Waals surface area contributed by atoms with Crippen LogP contribution in [0.5, 0.6) is 6.01 Å². The molecule has 30 heavy (non-hydrogen) atoms. The number of hydrogen-bond donors (Lipinski definition) is 1. The van der Waals surface area contributed by atoms with Crippen molar-refractivity contribution < 1.29 is 14.3 Å². The number of benzene rings is 1. The molecule has 1 fully saturated rings. The van der Waals surface area contributed by atoms with E-state index in [0.29, 0.717) is 37.9 Å². The van der Waals surface area contributed by atoms with Crippen LogP contribution in [-0.4, -0.2) is 61.2 Å². The van der Waals surface area contributed by atoms with Gasteiger partial charge in [-0.1, -0.05) is 24.3 Å². The van der Waals surface area contributed by atoms with E-state index in [1.54, 1.807) is 18.1 Å². The average molecular weight is 414 g/mol. The van der Waals surface area contributed by atoms with E-state index in [1.807, 2.05) is 6.92 Å². The summed E-state index contributed by atoms with van der Waals surface area (Å²) in [5.41, 5.74) is 2.98. The first-order valence-electron chi connectivity index (χ1n) is 10.5. The van der Waals surface area contributed by atoms with Gasteiger partial charge in [-0.25, -0.2) is 4.98 Å². The van der Waals surface area contributed by atoms with Crippen LogP contribution in [0.15, 0.2) is 30.5 Å². The van der Waals surface area contributed by atoms with Gasteiger partial charge in [0.15, 0.2) is 5.82 Å². The maximum Gasteiger partial charge on any atom is 0.318 e. The predicted octanol–water partition coefficient (Wildman–Crippen LogP) is 2.69. The molecule has 3 rings (SSSR count). The first-order chi connectivity index (χ1) is 14.7. The van der Waals surface area contributed by atoms with Crippen molar-refractivity contribution in [3.8, 4) is 6.01 Å². The fourth-order valence-electron chi connectivity index (χ4n) is 3.47. The summed E-state index contributed by atoms with van der Waals surface area (Å²) in [5, 5.41) is 3.04. The highest BCUT2D eigenvalue weighted by Crippen LogP contribution is 2.25. The Morgan fingerprint density at radius 1 is 1.17 bits per heavy atom. The SMILES string of the molecule is CCOCCOc1ncc(NC)c(N(C=O)Cc2ccc(CN3CCCC3)cc2)n1. The van der Waals surface area contributed by atoms with E-state index in [1.165, 1.54) is 31.5 Å². The van der Waals surface area contributed by atoms with E-state index in [9.17, 15) is 4.79 Å². The minimum Gasteiger partial charge on any atom is -0.461 e. The predicted molar refractivity (Wildman–Crippen MR) is 117 cm³/mol. The maximum atomic E-state index is 11.9. The zero-order chi connectivity index (χ0) is 21.2. The highest BCUT2D eigenvalue weighted by Gasteiger charge is 2.16. The highest BCUT2D eigenvalue weighted by molar-refractivity contribution is 5.80. The molecule has 1 aromatic carbocycles. The third-order valence-electron chi connectivity index (χ3n) is 5.06. The van der Waals surface area contributed by atoms with Gasteiger partial charge in [-0.05, 0) is 44.0 Å². The first-order valence-corrected chi connectivity index (χ1v) is 10.5. The number of carbonyl (C=O) groups excluding carboxylic acids is 1. The molecule has 1 aliphatic rings. The van der Waals surface area contributed by atoms with Gasteiger partial charge in [-0.2, -0.15) is 4.98 Å². The Kier molecular flexibility index (Phi) is 8.41. The summed E-state index contributed by atoms with van der Waals surface area (Å²) in [6.07, 6.45) is 4.98. The number of likely N-dealkylation sites (tertiary alicyclic amines) is 1. The number of aromatic nitrogens is 2. The van der Waals surface area contributed by atoms with Gasteiger partial charge in [0.2, 0.25) is 6.41 Å². The van der Waals surface area contributed by atoms with Crippen LogP contribution in [0.2, 0.25) is 0 Å². The third-order valence-corrected chi connectivity index (χ3v) is 5.06. The molecule has 8 nitrogen and oxygen atoms in total. The number of carbonyl (C=O) groups is 1. The Labute approximate surface area is 178 Å². The van der Waals surface area contributed by atoms with Gasteiger partial charge in [-0.15, -0.1) is 0 Å². The molecule has 2 heterocycles. The quantitative estimate of drug-likeness (QED) is 0.423. The van der Waals surface area contributed by atoms with Gasteiger partial charge in [0.1, 0.15) is 6.61 Å². The van der Waals surface area contributed by atoms with Crippen molar-refractivity contribution in [2.45, 2.75) is 32.9 Å². The Bertz CT molecular complexity index is 794. The molecule has 0 saturated carbocycles. The molecular formula is C22H31N5O3. The lowest BCUT2D eigenvalue weighted by atomic mass is 10.1. The number of rotatable bonds is 12. The molecule has 0 aliphatic carbocycles. The van der Waals surface area contributed by atoms with Gasteiger partial charge in [0, 0.05) is 20.2 Å². The Morgan fingerprint density at radius 2 is 1.90 bits per heavy atom. The lowest BCUT2D eigenvalue weighted by molar-refractivity contribution is -0.107. The van der Waals surface area contributed by atoms with E-state index in [2.05, 4.69) is 44.5 Å². The Balaban J connectivity index is 1.67. The van der Waals surface area contributed by atoms with Crippen LogP contribution in [0.4, 0.5) is 11.5 Å². The molecule has 0 radical (unpaired) electrons. The van der Waals surface area contributed by atoms with Crippen molar-refractivity contribution in [1.82, 2.24) is 14.9 Å². The van der Waals surface area contributed by atoms with E-state index < -0.39 is 0 Å². The van der Waals surface area contributed by atoms with Gasteiger partial charge < -0.3 is 14.8 Å². The molecule has 1 aromatic heterocycles. The summed E-state index contributed by atoms with van der Waals surface area (Å²) in [4.78, 5) is 24.5. The summed E-state index contributed by atoms with van der Waals surface area (Å²) in [6, 6.07) is 8.63. The monoisotopic (exact) mass is 413 g/mol. The van der Waals surface area contributed by atoms with Crippen LogP contribution in [0.1, 0.15) is 30.9 Å². The fourth-order valence-corrected chi connectivity index (χ4v) is 3.47. The third kappa shape index (κ3) is 6.14. The number of hydrogen-bond acceptors (Lipinski definition) is 7. The number of ether oxygens (including phenoxy) is 2. The largest absolute Gasteiger partial charge is 0.461 e. The van der Waals surface area contributed by atoms with Gasteiger partial charge >= 0.3 is 6.01 Å². The molecule has 1 aliphatic heterocycles. The lowest BCUT2D eigenvalue weighted by Gasteiger charge is -2.20. The van der Waals surface area contributed by atoms with E-state index >= 15 is 0 Å². The Morgan fingerprint density at radius 3 is 2.57 bits per heavy atom.